The van der Waals surface area contributed by atoms with Crippen LogP contribution in [0.25, 0.3) is 0 Å². The topological polar surface area (TPSA) is 20.3 Å². The molecule has 2 heteroatoms. The first kappa shape index (κ1) is 17.3. The van der Waals surface area contributed by atoms with E-state index in [0.29, 0.717) is 17.7 Å². The highest BCUT2D eigenvalue weighted by Crippen LogP contribution is 2.60. The van der Waals surface area contributed by atoms with Gasteiger partial charge in [0.1, 0.15) is 0 Å². The van der Waals surface area contributed by atoms with Gasteiger partial charge in [-0.25, -0.2) is 0 Å². The average Bonchev–Trinajstić information content (AvgIpc) is 2.44. The van der Waals surface area contributed by atoms with Gasteiger partial charge in [0.25, 0.3) is 0 Å². The first-order valence-electron chi connectivity index (χ1n) is 10.2. The third-order valence-corrected chi connectivity index (χ3v) is 6.73. The fourth-order valence-electron chi connectivity index (χ4n) is 5.85. The van der Waals surface area contributed by atoms with E-state index in [1.54, 1.807) is 0 Å². The van der Waals surface area contributed by atoms with Crippen LogP contribution in [0.15, 0.2) is 0 Å². The van der Waals surface area contributed by atoms with Crippen LogP contribution in [0.2, 0.25) is 0 Å². The molecule has 4 fully saturated rings. The van der Waals surface area contributed by atoms with Crippen LogP contribution in [0.4, 0.5) is 0 Å². The molecule has 132 valence electrons. The minimum Gasteiger partial charge on any atom is -0.342 e. The molecule has 0 heterocycles. The Morgan fingerprint density at radius 1 is 0.870 bits per heavy atom. The van der Waals surface area contributed by atoms with Crippen molar-refractivity contribution in [2.45, 2.75) is 79.1 Å². The van der Waals surface area contributed by atoms with Crippen LogP contribution in [-0.2, 0) is 4.79 Å². The molecular weight excluding hydrogens is 282 g/mol. The van der Waals surface area contributed by atoms with Gasteiger partial charge in [0.2, 0.25) is 5.91 Å². The van der Waals surface area contributed by atoms with E-state index in [0.717, 1.165) is 43.7 Å². The smallest absolute Gasteiger partial charge is 0.228 e. The van der Waals surface area contributed by atoms with E-state index in [1.165, 1.54) is 38.5 Å². The van der Waals surface area contributed by atoms with Crippen molar-refractivity contribution in [2.24, 2.45) is 35.0 Å². The van der Waals surface area contributed by atoms with Crippen LogP contribution in [0.5, 0.6) is 0 Å². The van der Waals surface area contributed by atoms with E-state index in [-0.39, 0.29) is 5.41 Å². The third-order valence-electron chi connectivity index (χ3n) is 6.73. The molecule has 4 rings (SSSR count). The number of hydrogen-bond acceptors (Lipinski definition) is 1. The summed E-state index contributed by atoms with van der Waals surface area (Å²) in [5, 5.41) is 0. The highest BCUT2D eigenvalue weighted by molar-refractivity contribution is 5.83. The predicted octanol–water partition coefficient (Wildman–Crippen LogP) is 5.12. The van der Waals surface area contributed by atoms with Gasteiger partial charge in [0.05, 0.1) is 5.41 Å². The predicted molar refractivity (Wildman–Crippen MR) is 96.1 cm³/mol. The number of carbonyl (C=O) groups excluding carboxylic acids is 1. The van der Waals surface area contributed by atoms with E-state index >= 15 is 0 Å². The molecule has 4 bridgehead atoms. The summed E-state index contributed by atoms with van der Waals surface area (Å²) in [6, 6.07) is 0. The van der Waals surface area contributed by atoms with Crippen molar-refractivity contribution in [2.75, 3.05) is 13.1 Å². The van der Waals surface area contributed by atoms with Crippen molar-refractivity contribution in [1.29, 1.82) is 0 Å². The number of nitrogens with zero attached hydrogens (tertiary/aromatic N) is 1. The lowest BCUT2D eigenvalue weighted by Crippen LogP contribution is -2.55. The summed E-state index contributed by atoms with van der Waals surface area (Å²) in [4.78, 5) is 15.8. The van der Waals surface area contributed by atoms with Gasteiger partial charge >= 0.3 is 0 Å². The van der Waals surface area contributed by atoms with Gasteiger partial charge in [-0.3, -0.25) is 4.79 Å². The minimum atomic E-state index is 0.0444. The van der Waals surface area contributed by atoms with Gasteiger partial charge in [0, 0.05) is 13.1 Å². The Morgan fingerprint density at radius 2 is 1.26 bits per heavy atom. The molecule has 4 aliphatic carbocycles. The van der Waals surface area contributed by atoms with Crippen molar-refractivity contribution in [3.8, 4) is 0 Å². The van der Waals surface area contributed by atoms with Gasteiger partial charge < -0.3 is 4.90 Å². The fraction of sp³-hybridized carbons (Fsp3) is 0.952. The number of rotatable bonds is 7. The maximum atomic E-state index is 13.5. The Kier molecular flexibility index (Phi) is 5.09. The van der Waals surface area contributed by atoms with Gasteiger partial charge in [-0.15, -0.1) is 0 Å². The maximum absolute atomic E-state index is 13.5. The highest BCUT2D eigenvalue weighted by Gasteiger charge is 2.55. The largest absolute Gasteiger partial charge is 0.342 e. The monoisotopic (exact) mass is 319 g/mol. The molecule has 0 aromatic heterocycles. The Labute approximate surface area is 143 Å². The second-order valence-electron chi connectivity index (χ2n) is 9.86. The molecule has 0 aromatic rings. The van der Waals surface area contributed by atoms with E-state index in [9.17, 15) is 4.79 Å². The molecule has 0 N–H and O–H groups in total. The van der Waals surface area contributed by atoms with Crippen LogP contribution in [-0.4, -0.2) is 23.9 Å². The van der Waals surface area contributed by atoms with Crippen LogP contribution < -0.4 is 0 Å². The lowest BCUT2D eigenvalue weighted by Gasteiger charge is -2.56. The molecule has 0 radical (unpaired) electrons. The van der Waals surface area contributed by atoms with Crippen molar-refractivity contribution in [3.63, 3.8) is 0 Å². The summed E-state index contributed by atoms with van der Waals surface area (Å²) in [5.74, 6) is 4.49. The van der Waals surface area contributed by atoms with Crippen molar-refractivity contribution < 1.29 is 4.79 Å². The Morgan fingerprint density at radius 3 is 1.61 bits per heavy atom. The summed E-state index contributed by atoms with van der Waals surface area (Å²) < 4.78 is 0. The summed E-state index contributed by atoms with van der Waals surface area (Å²) in [6.07, 6.45) is 10.2. The number of hydrogen-bond donors (Lipinski definition) is 0. The molecule has 4 saturated carbocycles. The number of amides is 1. The summed E-state index contributed by atoms with van der Waals surface area (Å²) in [7, 11) is 0. The maximum Gasteiger partial charge on any atom is 0.228 e. The lowest BCUT2D eigenvalue weighted by molar-refractivity contribution is -0.158. The van der Waals surface area contributed by atoms with E-state index < -0.39 is 0 Å². The van der Waals surface area contributed by atoms with Crippen molar-refractivity contribution >= 4 is 5.91 Å². The molecule has 23 heavy (non-hydrogen) atoms. The molecule has 4 aliphatic rings. The van der Waals surface area contributed by atoms with Crippen LogP contribution >= 0.6 is 0 Å². The molecule has 0 aliphatic heterocycles. The molecule has 0 saturated heterocycles. The summed E-state index contributed by atoms with van der Waals surface area (Å²) in [6.45, 7) is 11.0. The van der Waals surface area contributed by atoms with E-state index in [2.05, 4.69) is 32.6 Å². The van der Waals surface area contributed by atoms with Crippen molar-refractivity contribution in [1.82, 2.24) is 4.90 Å². The third kappa shape index (κ3) is 3.77. The molecule has 0 spiro atoms. The minimum absolute atomic E-state index is 0.0444. The average molecular weight is 320 g/mol. The van der Waals surface area contributed by atoms with Crippen LogP contribution in [0.3, 0.4) is 0 Å². The first-order chi connectivity index (χ1) is 10.9. The molecule has 0 unspecified atom stereocenters. The summed E-state index contributed by atoms with van der Waals surface area (Å²) >= 11 is 0. The zero-order valence-corrected chi connectivity index (χ0v) is 15.8. The molecule has 2 nitrogen and oxygen atoms in total. The quantitative estimate of drug-likeness (QED) is 0.637. The first-order valence-corrected chi connectivity index (χ1v) is 10.2. The van der Waals surface area contributed by atoms with E-state index in [4.69, 9.17) is 0 Å². The standard InChI is InChI=1S/C21H37NO/c1-15(2)5-7-22(8-6-16(3)4)20(23)21-12-17-9-18(13-21)11-19(10-17)14-21/h15-19H,5-14H2,1-4H3. The fourth-order valence-corrected chi connectivity index (χ4v) is 5.85. The molecule has 0 aromatic carbocycles. The zero-order valence-electron chi connectivity index (χ0n) is 15.8. The lowest BCUT2D eigenvalue weighted by atomic mass is 9.49. The number of carbonyl (C=O) groups is 1. The Balaban J connectivity index is 1.71. The van der Waals surface area contributed by atoms with E-state index in [1.807, 2.05) is 0 Å². The van der Waals surface area contributed by atoms with Gasteiger partial charge in [-0.2, -0.15) is 0 Å². The van der Waals surface area contributed by atoms with Gasteiger partial charge in [-0.1, -0.05) is 27.7 Å². The summed E-state index contributed by atoms with van der Waals surface area (Å²) in [5.41, 5.74) is 0.0444. The molecule has 1 amide bonds. The van der Waals surface area contributed by atoms with Gasteiger partial charge in [0.15, 0.2) is 0 Å². The Hall–Kier alpha value is -0.530. The van der Waals surface area contributed by atoms with Crippen LogP contribution in [0, 0.1) is 35.0 Å². The Bertz CT molecular complexity index is 378. The SMILES string of the molecule is CC(C)CCN(CCC(C)C)C(=O)C12CC3CC(CC(C3)C1)C2. The van der Waals surface area contributed by atoms with Gasteiger partial charge in [-0.05, 0) is 81.0 Å². The van der Waals surface area contributed by atoms with Crippen molar-refractivity contribution in [3.05, 3.63) is 0 Å². The molecular formula is C21H37NO. The second-order valence-corrected chi connectivity index (χ2v) is 9.86. The van der Waals surface area contributed by atoms with Crippen LogP contribution in [0.1, 0.15) is 79.1 Å². The highest BCUT2D eigenvalue weighted by atomic mass is 16.2. The molecule has 0 atom stereocenters. The normalized spacial score (nSPS) is 35.3. The second kappa shape index (κ2) is 6.76. The zero-order chi connectivity index (χ0) is 16.6.